The van der Waals surface area contributed by atoms with Crippen LogP contribution in [0.1, 0.15) is 19.8 Å². The Bertz CT molecular complexity index is 284. The van der Waals surface area contributed by atoms with Gasteiger partial charge in [0.1, 0.15) is 5.71 Å². The Labute approximate surface area is 79.4 Å². The number of aliphatic carboxylic acids is 2. The van der Waals surface area contributed by atoms with Crippen LogP contribution in [0.25, 0.3) is 0 Å². The van der Waals surface area contributed by atoms with Crippen molar-refractivity contribution >= 4 is 23.6 Å². The van der Waals surface area contributed by atoms with Gasteiger partial charge in [0.05, 0.1) is 6.42 Å². The minimum absolute atomic E-state index is 0.231. The van der Waals surface area contributed by atoms with Crippen molar-refractivity contribution in [1.82, 2.24) is 5.43 Å². The first-order valence-corrected chi connectivity index (χ1v) is 3.71. The van der Waals surface area contributed by atoms with E-state index in [9.17, 15) is 14.4 Å². The maximum absolute atomic E-state index is 10.4. The summed E-state index contributed by atoms with van der Waals surface area (Å²) in [6, 6.07) is 0. The van der Waals surface area contributed by atoms with Gasteiger partial charge in [0, 0.05) is 13.3 Å². The van der Waals surface area contributed by atoms with Crippen LogP contribution in [0.3, 0.4) is 0 Å². The molecule has 0 fully saturated rings. The predicted molar refractivity (Wildman–Crippen MR) is 45.8 cm³/mol. The van der Waals surface area contributed by atoms with Gasteiger partial charge in [0.2, 0.25) is 5.91 Å². The van der Waals surface area contributed by atoms with E-state index in [1.165, 1.54) is 6.92 Å². The fourth-order valence-corrected chi connectivity index (χ4v) is 0.582. The fraction of sp³-hybridized carbons (Fsp3) is 0.429. The highest BCUT2D eigenvalue weighted by Crippen LogP contribution is 1.93. The summed E-state index contributed by atoms with van der Waals surface area (Å²) in [7, 11) is 0. The number of carbonyl (C=O) groups is 3. The van der Waals surface area contributed by atoms with E-state index in [1.807, 2.05) is 5.43 Å². The van der Waals surface area contributed by atoms with E-state index in [0.717, 1.165) is 0 Å². The molecular formula is C7H10N2O5. The first kappa shape index (κ1) is 12.1. The molecule has 0 saturated carbocycles. The lowest BCUT2D eigenvalue weighted by atomic mass is 10.2. The third kappa shape index (κ3) is 5.70. The Hall–Kier alpha value is -1.92. The van der Waals surface area contributed by atoms with Gasteiger partial charge in [-0.1, -0.05) is 0 Å². The zero-order valence-corrected chi connectivity index (χ0v) is 7.48. The van der Waals surface area contributed by atoms with Crippen LogP contribution in [0.5, 0.6) is 0 Å². The van der Waals surface area contributed by atoms with Crippen LogP contribution in [-0.2, 0) is 14.4 Å². The maximum atomic E-state index is 10.4. The minimum atomic E-state index is -1.35. The Morgan fingerprint density at radius 2 is 1.79 bits per heavy atom. The van der Waals surface area contributed by atoms with Crippen molar-refractivity contribution in [2.75, 3.05) is 0 Å². The lowest BCUT2D eigenvalue weighted by molar-refractivity contribution is -0.136. The van der Waals surface area contributed by atoms with Gasteiger partial charge < -0.3 is 10.2 Å². The fourth-order valence-electron chi connectivity index (χ4n) is 0.582. The topological polar surface area (TPSA) is 116 Å². The largest absolute Gasteiger partial charge is 0.481 e. The van der Waals surface area contributed by atoms with Crippen molar-refractivity contribution in [3.05, 3.63) is 0 Å². The van der Waals surface area contributed by atoms with E-state index in [1.54, 1.807) is 0 Å². The third-order valence-electron chi connectivity index (χ3n) is 1.17. The van der Waals surface area contributed by atoms with E-state index >= 15 is 0 Å². The van der Waals surface area contributed by atoms with E-state index in [0.29, 0.717) is 0 Å². The summed E-state index contributed by atoms with van der Waals surface area (Å²) in [5.74, 6) is -2.99. The number of hydrazone groups is 1. The van der Waals surface area contributed by atoms with Crippen molar-refractivity contribution in [2.45, 2.75) is 19.8 Å². The molecule has 3 N–H and O–H groups in total. The van der Waals surface area contributed by atoms with E-state index < -0.39 is 17.8 Å². The lowest BCUT2D eigenvalue weighted by Crippen LogP contribution is -2.21. The Balaban J connectivity index is 4.29. The van der Waals surface area contributed by atoms with Gasteiger partial charge in [0.25, 0.3) is 0 Å². The number of rotatable bonds is 5. The lowest BCUT2D eigenvalue weighted by Gasteiger charge is -1.98. The van der Waals surface area contributed by atoms with Gasteiger partial charge in [-0.3, -0.25) is 9.59 Å². The first-order valence-electron chi connectivity index (χ1n) is 3.71. The number of carboxylic acids is 2. The average molecular weight is 202 g/mol. The molecular weight excluding hydrogens is 192 g/mol. The number of carbonyl (C=O) groups excluding carboxylic acids is 1. The molecule has 0 bridgehead atoms. The summed E-state index contributed by atoms with van der Waals surface area (Å²) in [4.78, 5) is 31.0. The molecule has 0 saturated heterocycles. The second-order valence-corrected chi connectivity index (χ2v) is 2.43. The summed E-state index contributed by atoms with van der Waals surface area (Å²) in [5.41, 5.74) is 1.54. The molecule has 0 aromatic heterocycles. The smallest absolute Gasteiger partial charge is 0.352 e. The van der Waals surface area contributed by atoms with Gasteiger partial charge in [-0.15, -0.1) is 0 Å². The molecule has 0 rings (SSSR count). The predicted octanol–water partition coefficient (Wildman–Crippen LogP) is -0.572. The second kappa shape index (κ2) is 5.68. The monoisotopic (exact) mass is 202 g/mol. The van der Waals surface area contributed by atoms with Crippen LogP contribution in [0, 0.1) is 0 Å². The number of hydrogen-bond acceptors (Lipinski definition) is 4. The normalized spacial score (nSPS) is 10.8. The summed E-state index contributed by atoms with van der Waals surface area (Å²) >= 11 is 0. The van der Waals surface area contributed by atoms with Gasteiger partial charge in [0.15, 0.2) is 0 Å². The molecule has 0 radical (unpaired) electrons. The van der Waals surface area contributed by atoms with Crippen LogP contribution in [-0.4, -0.2) is 33.8 Å². The van der Waals surface area contributed by atoms with Crippen LogP contribution in [0.15, 0.2) is 5.10 Å². The van der Waals surface area contributed by atoms with Gasteiger partial charge in [-0.05, 0) is 0 Å². The maximum Gasteiger partial charge on any atom is 0.352 e. The molecule has 78 valence electrons. The molecule has 0 aromatic carbocycles. The number of amides is 1. The number of nitrogens with zero attached hydrogens (tertiary/aromatic N) is 1. The molecule has 0 aliphatic rings. The second-order valence-electron chi connectivity index (χ2n) is 2.43. The van der Waals surface area contributed by atoms with Crippen molar-refractivity contribution in [1.29, 1.82) is 0 Å². The number of hydrogen-bond donors (Lipinski definition) is 3. The summed E-state index contributed by atoms with van der Waals surface area (Å²) < 4.78 is 0. The van der Waals surface area contributed by atoms with Gasteiger partial charge in [-0.2, -0.15) is 5.10 Å². The molecule has 0 heterocycles. The van der Waals surface area contributed by atoms with E-state index in [-0.39, 0.29) is 18.6 Å². The number of nitrogens with one attached hydrogen (secondary N) is 1. The van der Waals surface area contributed by atoms with E-state index in [2.05, 4.69) is 5.10 Å². The third-order valence-corrected chi connectivity index (χ3v) is 1.17. The molecule has 14 heavy (non-hydrogen) atoms. The first-order chi connectivity index (χ1) is 6.43. The van der Waals surface area contributed by atoms with E-state index in [4.69, 9.17) is 10.2 Å². The molecule has 0 atom stereocenters. The SMILES string of the molecule is CC(=O)N/N=C(\CCC(=O)O)C(=O)O. The highest BCUT2D eigenvalue weighted by molar-refractivity contribution is 6.35. The number of carboxylic acid groups (broad SMARTS) is 2. The van der Waals surface area contributed by atoms with Crippen molar-refractivity contribution in [3.8, 4) is 0 Å². The molecule has 7 heteroatoms. The minimum Gasteiger partial charge on any atom is -0.481 e. The summed E-state index contributed by atoms with van der Waals surface area (Å²) in [5, 5.41) is 20.1. The standard InChI is InChI=1S/C7H10N2O5/c1-4(10)8-9-5(7(13)14)2-3-6(11)12/h2-3H2,1H3,(H,8,10)(H,11,12)(H,13,14)/b9-5+. The zero-order chi connectivity index (χ0) is 11.1. The highest BCUT2D eigenvalue weighted by Gasteiger charge is 2.11. The van der Waals surface area contributed by atoms with Crippen LogP contribution >= 0.6 is 0 Å². The summed E-state index contributed by atoms with van der Waals surface area (Å²) in [6.45, 7) is 1.17. The van der Waals surface area contributed by atoms with Crippen molar-refractivity contribution in [2.24, 2.45) is 5.10 Å². The molecule has 0 aromatic rings. The molecule has 0 aliphatic carbocycles. The quantitative estimate of drug-likeness (QED) is 0.407. The van der Waals surface area contributed by atoms with Crippen LogP contribution in [0.2, 0.25) is 0 Å². The molecule has 7 nitrogen and oxygen atoms in total. The van der Waals surface area contributed by atoms with Gasteiger partial charge in [-0.25, -0.2) is 10.2 Å². The highest BCUT2D eigenvalue weighted by atomic mass is 16.4. The zero-order valence-electron chi connectivity index (χ0n) is 7.48. The van der Waals surface area contributed by atoms with Crippen molar-refractivity contribution < 1.29 is 24.6 Å². The van der Waals surface area contributed by atoms with Gasteiger partial charge >= 0.3 is 11.9 Å². The summed E-state index contributed by atoms with van der Waals surface area (Å²) in [6.07, 6.45) is -0.574. The van der Waals surface area contributed by atoms with Crippen LogP contribution < -0.4 is 5.43 Å². The Morgan fingerprint density at radius 1 is 1.21 bits per heavy atom. The van der Waals surface area contributed by atoms with Crippen molar-refractivity contribution in [3.63, 3.8) is 0 Å². The Kier molecular flexibility index (Phi) is 4.90. The Morgan fingerprint density at radius 3 is 2.14 bits per heavy atom. The van der Waals surface area contributed by atoms with Crippen LogP contribution in [0.4, 0.5) is 0 Å². The average Bonchev–Trinajstić information content (AvgIpc) is 2.02. The molecule has 0 spiro atoms. The molecule has 1 amide bonds. The molecule has 0 aliphatic heterocycles. The molecule has 0 unspecified atom stereocenters.